The summed E-state index contributed by atoms with van der Waals surface area (Å²) in [5.74, 6) is 2.62. The third-order valence-corrected chi connectivity index (χ3v) is 5.00. The highest BCUT2D eigenvalue weighted by atomic mass is 16.5. The number of piperidine rings is 1. The Kier molecular flexibility index (Phi) is 4.08. The summed E-state index contributed by atoms with van der Waals surface area (Å²) in [6.45, 7) is 3.47. The van der Waals surface area contributed by atoms with Crippen LogP contribution in [-0.2, 0) is 11.2 Å². The molecule has 2 aromatic rings. The second-order valence-electron chi connectivity index (χ2n) is 6.98. The van der Waals surface area contributed by atoms with E-state index >= 15 is 0 Å². The van der Waals surface area contributed by atoms with Crippen molar-refractivity contribution in [2.24, 2.45) is 5.92 Å². The lowest BCUT2D eigenvalue weighted by molar-refractivity contribution is -0.136. The van der Waals surface area contributed by atoms with Crippen LogP contribution < -0.4 is 0 Å². The lowest BCUT2D eigenvalue weighted by atomic mass is 9.94. The van der Waals surface area contributed by atoms with E-state index in [1.54, 1.807) is 10.9 Å². The van der Waals surface area contributed by atoms with Crippen LogP contribution in [0.3, 0.4) is 0 Å². The molecule has 1 aliphatic heterocycles. The first-order valence-corrected chi connectivity index (χ1v) is 8.81. The first-order valence-electron chi connectivity index (χ1n) is 8.81. The molecular weight excluding hydrogens is 306 g/mol. The molecule has 2 atom stereocenters. The molecule has 7 nitrogen and oxygen atoms in total. The summed E-state index contributed by atoms with van der Waals surface area (Å²) < 4.78 is 7.11. The van der Waals surface area contributed by atoms with Crippen LogP contribution in [0.25, 0.3) is 0 Å². The first kappa shape index (κ1) is 15.4. The summed E-state index contributed by atoms with van der Waals surface area (Å²) in [6.07, 6.45) is 8.77. The van der Waals surface area contributed by atoms with E-state index in [-0.39, 0.29) is 11.9 Å². The Labute approximate surface area is 141 Å². The fraction of sp³-hybridized carbons (Fsp3) is 0.647. The molecule has 0 bridgehead atoms. The molecule has 0 unspecified atom stereocenters. The maximum Gasteiger partial charge on any atom is 0.247 e. The van der Waals surface area contributed by atoms with Crippen LogP contribution in [0.5, 0.6) is 0 Å². The minimum atomic E-state index is -0.261. The number of hydrogen-bond acceptors (Lipinski definition) is 5. The average molecular weight is 329 g/mol. The van der Waals surface area contributed by atoms with E-state index in [1.807, 2.05) is 24.1 Å². The van der Waals surface area contributed by atoms with Crippen molar-refractivity contribution in [1.29, 1.82) is 0 Å². The molecule has 4 rings (SSSR count). The van der Waals surface area contributed by atoms with Crippen LogP contribution in [0.15, 0.2) is 23.0 Å². The molecule has 1 amide bonds. The van der Waals surface area contributed by atoms with Crippen LogP contribution in [0, 0.1) is 5.92 Å². The quantitative estimate of drug-likeness (QED) is 0.840. The number of carbonyl (C=O) groups is 1. The number of likely N-dealkylation sites (tertiary alicyclic amines) is 1. The monoisotopic (exact) mass is 329 g/mol. The standard InChI is InChI=1S/C17H23N5O2/c1-12(22-9-3-7-18-22)17(23)21-8-2-4-13(11-21)10-15-19-16(20-24-15)14-5-6-14/h3,7,9,12-14H,2,4-6,8,10-11H2,1H3/t12-,13-/m0/s1. The van der Waals surface area contributed by atoms with Gasteiger partial charge in [-0.05, 0) is 44.6 Å². The number of carbonyl (C=O) groups excluding carboxylic acids is 1. The van der Waals surface area contributed by atoms with Crippen molar-refractivity contribution in [1.82, 2.24) is 24.8 Å². The highest BCUT2D eigenvalue weighted by molar-refractivity contribution is 5.80. The Balaban J connectivity index is 1.36. The summed E-state index contributed by atoms with van der Waals surface area (Å²) in [5, 5.41) is 8.26. The molecule has 0 spiro atoms. The first-order chi connectivity index (χ1) is 11.7. The van der Waals surface area contributed by atoms with Gasteiger partial charge in [0.05, 0.1) is 0 Å². The summed E-state index contributed by atoms with van der Waals surface area (Å²) in [4.78, 5) is 19.2. The Hall–Kier alpha value is -2.18. The topological polar surface area (TPSA) is 77.0 Å². The molecule has 2 aliphatic rings. The zero-order valence-electron chi connectivity index (χ0n) is 14.0. The Morgan fingerprint density at radius 2 is 2.29 bits per heavy atom. The van der Waals surface area contributed by atoms with Crippen LogP contribution in [-0.4, -0.2) is 43.8 Å². The lowest BCUT2D eigenvalue weighted by Crippen LogP contribution is -2.43. The highest BCUT2D eigenvalue weighted by Gasteiger charge is 2.31. The maximum absolute atomic E-state index is 12.7. The van der Waals surface area contributed by atoms with E-state index in [1.165, 1.54) is 12.8 Å². The zero-order valence-corrected chi connectivity index (χ0v) is 14.0. The maximum atomic E-state index is 12.7. The minimum absolute atomic E-state index is 0.132. The van der Waals surface area contributed by atoms with Crippen LogP contribution in [0.1, 0.15) is 56.3 Å². The van der Waals surface area contributed by atoms with E-state index < -0.39 is 0 Å². The van der Waals surface area contributed by atoms with Crippen molar-refractivity contribution in [2.45, 2.75) is 51.0 Å². The SMILES string of the molecule is C[C@@H](C(=O)N1CCC[C@@H](Cc2nc(C3CC3)no2)C1)n1cccn1. The van der Waals surface area contributed by atoms with Crippen molar-refractivity contribution in [3.63, 3.8) is 0 Å². The van der Waals surface area contributed by atoms with E-state index in [2.05, 4.69) is 15.2 Å². The highest BCUT2D eigenvalue weighted by Crippen LogP contribution is 2.38. The summed E-state index contributed by atoms with van der Waals surface area (Å²) in [5.41, 5.74) is 0. The van der Waals surface area contributed by atoms with Crippen LogP contribution in [0.4, 0.5) is 0 Å². The predicted molar refractivity (Wildman–Crippen MR) is 86.2 cm³/mol. The van der Waals surface area contributed by atoms with Gasteiger partial charge in [0.15, 0.2) is 5.82 Å². The summed E-state index contributed by atoms with van der Waals surface area (Å²) >= 11 is 0. The van der Waals surface area contributed by atoms with E-state index in [9.17, 15) is 4.79 Å². The Morgan fingerprint density at radius 1 is 1.42 bits per heavy atom. The number of amides is 1. The molecule has 24 heavy (non-hydrogen) atoms. The van der Waals surface area contributed by atoms with Gasteiger partial charge in [0.2, 0.25) is 11.8 Å². The third kappa shape index (κ3) is 3.20. The Bertz CT molecular complexity index is 692. The number of hydrogen-bond donors (Lipinski definition) is 0. The van der Waals surface area contributed by atoms with Gasteiger partial charge >= 0.3 is 0 Å². The van der Waals surface area contributed by atoms with Gasteiger partial charge in [-0.25, -0.2) is 0 Å². The molecule has 1 saturated carbocycles. The molecule has 2 aromatic heterocycles. The molecule has 128 valence electrons. The fourth-order valence-corrected chi connectivity index (χ4v) is 3.42. The minimum Gasteiger partial charge on any atom is -0.341 e. The van der Waals surface area contributed by atoms with Crippen LogP contribution >= 0.6 is 0 Å². The van der Waals surface area contributed by atoms with Gasteiger partial charge < -0.3 is 9.42 Å². The largest absolute Gasteiger partial charge is 0.341 e. The molecule has 2 fully saturated rings. The van der Waals surface area contributed by atoms with Gasteiger partial charge in [-0.3, -0.25) is 9.48 Å². The van der Waals surface area contributed by atoms with Crippen molar-refractivity contribution >= 4 is 5.91 Å². The van der Waals surface area contributed by atoms with Gasteiger partial charge in [0.25, 0.3) is 0 Å². The summed E-state index contributed by atoms with van der Waals surface area (Å²) in [6, 6.07) is 1.58. The normalized spacial score (nSPS) is 22.5. The molecule has 1 saturated heterocycles. The van der Waals surface area contributed by atoms with Gasteiger partial charge in [-0.15, -0.1) is 0 Å². The predicted octanol–water partition coefficient (Wildman–Crippen LogP) is 2.19. The second-order valence-corrected chi connectivity index (χ2v) is 6.98. The van der Waals surface area contributed by atoms with E-state index in [0.717, 1.165) is 44.1 Å². The molecule has 1 aliphatic carbocycles. The summed E-state index contributed by atoms with van der Waals surface area (Å²) in [7, 11) is 0. The van der Waals surface area contributed by atoms with Gasteiger partial charge in [0, 0.05) is 37.8 Å². The number of rotatable bonds is 5. The van der Waals surface area contributed by atoms with Crippen LogP contribution in [0.2, 0.25) is 0 Å². The van der Waals surface area contributed by atoms with Crippen molar-refractivity contribution in [3.8, 4) is 0 Å². The molecule has 0 N–H and O–H groups in total. The molecule has 0 aromatic carbocycles. The molecule has 0 radical (unpaired) electrons. The van der Waals surface area contributed by atoms with E-state index in [0.29, 0.717) is 11.8 Å². The second kappa shape index (κ2) is 6.37. The zero-order chi connectivity index (χ0) is 16.5. The van der Waals surface area contributed by atoms with Crippen molar-refractivity contribution < 1.29 is 9.32 Å². The number of aromatic nitrogens is 4. The van der Waals surface area contributed by atoms with Gasteiger partial charge in [0.1, 0.15) is 6.04 Å². The molecule has 7 heteroatoms. The van der Waals surface area contributed by atoms with Crippen molar-refractivity contribution in [3.05, 3.63) is 30.2 Å². The third-order valence-electron chi connectivity index (χ3n) is 5.00. The number of nitrogens with zero attached hydrogens (tertiary/aromatic N) is 5. The fourth-order valence-electron chi connectivity index (χ4n) is 3.42. The van der Waals surface area contributed by atoms with E-state index in [4.69, 9.17) is 4.52 Å². The van der Waals surface area contributed by atoms with Gasteiger partial charge in [-0.1, -0.05) is 5.16 Å². The smallest absolute Gasteiger partial charge is 0.247 e. The average Bonchev–Trinajstić information content (AvgIpc) is 3.11. The molecule has 3 heterocycles. The Morgan fingerprint density at radius 3 is 3.04 bits per heavy atom. The van der Waals surface area contributed by atoms with Crippen molar-refractivity contribution in [2.75, 3.05) is 13.1 Å². The molecular formula is C17H23N5O2. The lowest BCUT2D eigenvalue weighted by Gasteiger charge is -2.33. The van der Waals surface area contributed by atoms with Gasteiger partial charge in [-0.2, -0.15) is 10.1 Å².